The molecule has 19 heavy (non-hydrogen) atoms. The van der Waals surface area contributed by atoms with Gasteiger partial charge in [-0.2, -0.15) is 0 Å². The highest BCUT2D eigenvalue weighted by Gasteiger charge is 2.23. The van der Waals surface area contributed by atoms with Crippen molar-refractivity contribution in [2.45, 2.75) is 44.6 Å². The normalized spacial score (nSPS) is 23.5. The summed E-state index contributed by atoms with van der Waals surface area (Å²) in [5.74, 6) is 1.66. The molecule has 0 aromatic carbocycles. The first-order valence-electron chi connectivity index (χ1n) is 6.96. The molecule has 3 rings (SSSR count). The molecule has 4 heteroatoms. The van der Waals surface area contributed by atoms with Crippen LogP contribution in [-0.4, -0.2) is 21.0 Å². The topological polar surface area (TPSA) is 67.6 Å². The zero-order valence-electron chi connectivity index (χ0n) is 11.3. The molecular formula is C15H20N4. The Kier molecular flexibility index (Phi) is 3.34. The Bertz CT molecular complexity index is 539. The summed E-state index contributed by atoms with van der Waals surface area (Å²) in [6, 6.07) is 4.39. The van der Waals surface area contributed by atoms with Crippen LogP contribution in [0.15, 0.2) is 24.5 Å². The van der Waals surface area contributed by atoms with Crippen LogP contribution < -0.4 is 5.73 Å². The van der Waals surface area contributed by atoms with E-state index in [4.69, 9.17) is 10.7 Å². The number of imidazole rings is 1. The van der Waals surface area contributed by atoms with Crippen LogP contribution >= 0.6 is 0 Å². The zero-order chi connectivity index (χ0) is 13.2. The van der Waals surface area contributed by atoms with Crippen molar-refractivity contribution in [1.29, 1.82) is 0 Å². The predicted molar refractivity (Wildman–Crippen MR) is 75.7 cm³/mol. The van der Waals surface area contributed by atoms with Crippen LogP contribution in [-0.2, 0) is 0 Å². The van der Waals surface area contributed by atoms with Gasteiger partial charge in [-0.05, 0) is 44.7 Å². The van der Waals surface area contributed by atoms with Gasteiger partial charge in [-0.3, -0.25) is 4.98 Å². The number of aromatic nitrogens is 3. The SMILES string of the molecule is Cc1[nH]c(C2CCC(N)CC2)nc1-c1ccncc1. The van der Waals surface area contributed by atoms with Crippen LogP contribution in [0.25, 0.3) is 11.3 Å². The molecule has 0 radical (unpaired) electrons. The summed E-state index contributed by atoms with van der Waals surface area (Å²) in [6.07, 6.45) is 8.11. The molecule has 0 amide bonds. The highest BCUT2D eigenvalue weighted by atomic mass is 14.9. The largest absolute Gasteiger partial charge is 0.345 e. The van der Waals surface area contributed by atoms with Crippen molar-refractivity contribution in [2.75, 3.05) is 0 Å². The standard InChI is InChI=1S/C15H20N4/c1-10-14(11-6-8-17-9-7-11)19-15(18-10)12-2-4-13(16)5-3-12/h6-9,12-13H,2-5,16H2,1H3,(H,18,19). The summed E-state index contributed by atoms with van der Waals surface area (Å²) in [5.41, 5.74) is 9.27. The lowest BCUT2D eigenvalue weighted by molar-refractivity contribution is 0.386. The fourth-order valence-corrected chi connectivity index (χ4v) is 2.86. The Balaban J connectivity index is 1.85. The van der Waals surface area contributed by atoms with Crippen LogP contribution in [0.2, 0.25) is 0 Å². The summed E-state index contributed by atoms with van der Waals surface area (Å²) in [5, 5.41) is 0. The Morgan fingerprint density at radius 1 is 1.16 bits per heavy atom. The first-order chi connectivity index (χ1) is 9.24. The molecule has 1 aliphatic rings. The number of pyridine rings is 1. The number of hydrogen-bond acceptors (Lipinski definition) is 3. The molecule has 1 saturated carbocycles. The molecule has 2 aromatic rings. The van der Waals surface area contributed by atoms with Crippen LogP contribution in [0.4, 0.5) is 0 Å². The van der Waals surface area contributed by atoms with Crippen LogP contribution in [0.1, 0.15) is 43.1 Å². The second-order valence-corrected chi connectivity index (χ2v) is 5.44. The van der Waals surface area contributed by atoms with Gasteiger partial charge < -0.3 is 10.7 Å². The minimum Gasteiger partial charge on any atom is -0.345 e. The Morgan fingerprint density at radius 3 is 2.53 bits per heavy atom. The molecule has 0 bridgehead atoms. The Hall–Kier alpha value is -1.68. The molecule has 1 fully saturated rings. The molecule has 0 spiro atoms. The fraction of sp³-hybridized carbons (Fsp3) is 0.467. The molecule has 100 valence electrons. The third-order valence-corrected chi connectivity index (χ3v) is 4.02. The Morgan fingerprint density at radius 2 is 1.84 bits per heavy atom. The highest BCUT2D eigenvalue weighted by Crippen LogP contribution is 2.32. The van der Waals surface area contributed by atoms with Crippen molar-refractivity contribution < 1.29 is 0 Å². The summed E-state index contributed by atoms with van der Waals surface area (Å²) in [6.45, 7) is 2.08. The minimum atomic E-state index is 0.381. The number of nitrogens with one attached hydrogen (secondary N) is 1. The van der Waals surface area contributed by atoms with Gasteiger partial charge in [-0.15, -0.1) is 0 Å². The van der Waals surface area contributed by atoms with Gasteiger partial charge in [0.15, 0.2) is 0 Å². The monoisotopic (exact) mass is 256 g/mol. The first kappa shape index (κ1) is 12.4. The lowest BCUT2D eigenvalue weighted by Crippen LogP contribution is -2.26. The second kappa shape index (κ2) is 5.13. The van der Waals surface area contributed by atoms with Crippen LogP contribution in [0.5, 0.6) is 0 Å². The van der Waals surface area contributed by atoms with Gasteiger partial charge >= 0.3 is 0 Å². The highest BCUT2D eigenvalue weighted by molar-refractivity contribution is 5.61. The van der Waals surface area contributed by atoms with Gasteiger partial charge in [-0.25, -0.2) is 4.98 Å². The molecule has 2 heterocycles. The second-order valence-electron chi connectivity index (χ2n) is 5.44. The van der Waals surface area contributed by atoms with E-state index in [1.807, 2.05) is 24.5 Å². The summed E-state index contributed by atoms with van der Waals surface area (Å²) >= 11 is 0. The molecule has 0 atom stereocenters. The predicted octanol–water partition coefficient (Wildman–Crippen LogP) is 2.77. The van der Waals surface area contributed by atoms with Gasteiger partial charge in [-0.1, -0.05) is 0 Å². The van der Waals surface area contributed by atoms with Gasteiger partial charge in [0.05, 0.1) is 5.69 Å². The molecule has 0 unspecified atom stereocenters. The molecule has 4 nitrogen and oxygen atoms in total. The molecule has 1 aliphatic carbocycles. The smallest absolute Gasteiger partial charge is 0.110 e. The van der Waals surface area contributed by atoms with Gasteiger partial charge in [0, 0.05) is 35.6 Å². The van der Waals surface area contributed by atoms with Crippen LogP contribution in [0.3, 0.4) is 0 Å². The number of rotatable bonds is 2. The average Bonchev–Trinajstić information content (AvgIpc) is 2.83. The van der Waals surface area contributed by atoms with Gasteiger partial charge in [0.25, 0.3) is 0 Å². The maximum atomic E-state index is 5.96. The number of H-pyrrole nitrogens is 1. The maximum absolute atomic E-state index is 5.96. The number of nitrogens with zero attached hydrogens (tertiary/aromatic N) is 2. The third-order valence-electron chi connectivity index (χ3n) is 4.02. The number of hydrogen-bond donors (Lipinski definition) is 2. The van der Waals surface area contributed by atoms with Crippen molar-refractivity contribution in [3.05, 3.63) is 36.0 Å². The van der Waals surface area contributed by atoms with E-state index in [9.17, 15) is 0 Å². The number of aryl methyl sites for hydroxylation is 1. The van der Waals surface area contributed by atoms with Gasteiger partial charge in [0.2, 0.25) is 0 Å². The quantitative estimate of drug-likeness (QED) is 0.868. The van der Waals surface area contributed by atoms with E-state index in [2.05, 4.69) is 16.9 Å². The molecule has 3 N–H and O–H groups in total. The van der Waals surface area contributed by atoms with E-state index in [1.165, 1.54) is 0 Å². The van der Waals surface area contributed by atoms with E-state index >= 15 is 0 Å². The fourth-order valence-electron chi connectivity index (χ4n) is 2.86. The summed E-state index contributed by atoms with van der Waals surface area (Å²) < 4.78 is 0. The van der Waals surface area contributed by atoms with Crippen LogP contribution in [0, 0.1) is 6.92 Å². The van der Waals surface area contributed by atoms with Crippen molar-refractivity contribution in [3.63, 3.8) is 0 Å². The van der Waals surface area contributed by atoms with E-state index in [1.54, 1.807) is 0 Å². The zero-order valence-corrected chi connectivity index (χ0v) is 11.3. The summed E-state index contributed by atoms with van der Waals surface area (Å²) in [4.78, 5) is 12.3. The third kappa shape index (κ3) is 2.54. The lowest BCUT2D eigenvalue weighted by atomic mass is 9.86. The van der Waals surface area contributed by atoms with E-state index in [0.717, 1.165) is 48.5 Å². The van der Waals surface area contributed by atoms with Crippen molar-refractivity contribution in [3.8, 4) is 11.3 Å². The molecule has 2 aromatic heterocycles. The first-order valence-corrected chi connectivity index (χ1v) is 6.96. The average molecular weight is 256 g/mol. The van der Waals surface area contributed by atoms with Crippen molar-refractivity contribution in [2.24, 2.45) is 5.73 Å². The van der Waals surface area contributed by atoms with Crippen molar-refractivity contribution >= 4 is 0 Å². The van der Waals surface area contributed by atoms with Gasteiger partial charge in [0.1, 0.15) is 5.82 Å². The number of aromatic amines is 1. The molecule has 0 aliphatic heterocycles. The summed E-state index contributed by atoms with van der Waals surface area (Å²) in [7, 11) is 0. The van der Waals surface area contributed by atoms with E-state index in [0.29, 0.717) is 12.0 Å². The molecular weight excluding hydrogens is 236 g/mol. The van der Waals surface area contributed by atoms with Crippen molar-refractivity contribution in [1.82, 2.24) is 15.0 Å². The lowest BCUT2D eigenvalue weighted by Gasteiger charge is -2.24. The van der Waals surface area contributed by atoms with E-state index in [-0.39, 0.29) is 0 Å². The minimum absolute atomic E-state index is 0.381. The Labute approximate surface area is 113 Å². The van der Waals surface area contributed by atoms with E-state index < -0.39 is 0 Å². The maximum Gasteiger partial charge on any atom is 0.110 e. The number of nitrogens with two attached hydrogens (primary N) is 1. The molecule has 0 saturated heterocycles.